The van der Waals surface area contributed by atoms with Gasteiger partial charge in [0.05, 0.1) is 12.3 Å². The van der Waals surface area contributed by atoms with Gasteiger partial charge >= 0.3 is 5.97 Å². The van der Waals surface area contributed by atoms with E-state index in [2.05, 4.69) is 39.2 Å². The second kappa shape index (κ2) is 12.3. The molecule has 192 valence electrons. The Morgan fingerprint density at radius 3 is 2.58 bits per heavy atom. The molecule has 3 heterocycles. The molecular weight excluding hydrogens is 494 g/mol. The minimum Gasteiger partial charge on any atom is -0.487 e. The highest BCUT2D eigenvalue weighted by Crippen LogP contribution is 2.29. The number of H-pyrrole nitrogens is 1. The number of ether oxygens (including phenoxy) is 2. The molecule has 0 radical (unpaired) electrons. The van der Waals surface area contributed by atoms with Gasteiger partial charge in [0.2, 0.25) is 0 Å². The Kier molecular flexibility index (Phi) is 8.26. The Bertz CT molecular complexity index is 1460. The van der Waals surface area contributed by atoms with Gasteiger partial charge in [0, 0.05) is 53.6 Å². The first-order chi connectivity index (χ1) is 18.7. The molecule has 0 spiro atoms. The third-order valence-electron chi connectivity index (χ3n) is 6.20. The number of aromatic nitrogens is 3. The minimum atomic E-state index is -0.173. The SMILES string of the molecule is CCOC(=O)CCc1c(-c2ccccc2)c[nH]c1Cc1ccc(OCc2csc(-c3cccnc3)n2)cc1. The first kappa shape index (κ1) is 25.4. The van der Waals surface area contributed by atoms with E-state index in [9.17, 15) is 4.79 Å². The van der Waals surface area contributed by atoms with Crippen molar-refractivity contribution in [1.29, 1.82) is 0 Å². The van der Waals surface area contributed by atoms with Crippen molar-refractivity contribution in [1.82, 2.24) is 15.0 Å². The summed E-state index contributed by atoms with van der Waals surface area (Å²) < 4.78 is 11.2. The molecule has 0 aliphatic carbocycles. The largest absolute Gasteiger partial charge is 0.487 e. The molecule has 0 atom stereocenters. The second-order valence-corrected chi connectivity index (χ2v) is 9.68. The summed E-state index contributed by atoms with van der Waals surface area (Å²) in [5.74, 6) is 0.622. The summed E-state index contributed by atoms with van der Waals surface area (Å²) in [5.41, 5.74) is 7.57. The Hall–Kier alpha value is -4.23. The van der Waals surface area contributed by atoms with Crippen molar-refractivity contribution >= 4 is 17.3 Å². The number of aromatic amines is 1. The van der Waals surface area contributed by atoms with Crippen LogP contribution in [0, 0.1) is 0 Å². The van der Waals surface area contributed by atoms with Gasteiger partial charge in [-0.05, 0) is 54.3 Å². The maximum Gasteiger partial charge on any atom is 0.306 e. The number of hydrogen-bond donors (Lipinski definition) is 1. The van der Waals surface area contributed by atoms with Gasteiger partial charge in [-0.3, -0.25) is 9.78 Å². The molecule has 3 aromatic heterocycles. The van der Waals surface area contributed by atoms with Crippen molar-refractivity contribution in [2.45, 2.75) is 32.8 Å². The van der Waals surface area contributed by atoms with Crippen LogP contribution in [0.1, 0.15) is 35.9 Å². The lowest BCUT2D eigenvalue weighted by atomic mass is 9.96. The van der Waals surface area contributed by atoms with Gasteiger partial charge in [-0.25, -0.2) is 4.98 Å². The number of benzene rings is 2. The normalized spacial score (nSPS) is 10.9. The second-order valence-electron chi connectivity index (χ2n) is 8.83. The van der Waals surface area contributed by atoms with Gasteiger partial charge in [-0.1, -0.05) is 42.5 Å². The molecule has 38 heavy (non-hydrogen) atoms. The zero-order chi connectivity index (χ0) is 26.2. The van der Waals surface area contributed by atoms with Crippen LogP contribution in [0.4, 0.5) is 0 Å². The third-order valence-corrected chi connectivity index (χ3v) is 7.14. The number of pyridine rings is 1. The fourth-order valence-corrected chi connectivity index (χ4v) is 5.13. The Balaban J connectivity index is 1.25. The maximum absolute atomic E-state index is 12.1. The van der Waals surface area contributed by atoms with Gasteiger partial charge in [0.15, 0.2) is 0 Å². The summed E-state index contributed by atoms with van der Waals surface area (Å²) in [4.78, 5) is 24.4. The first-order valence-corrected chi connectivity index (χ1v) is 13.5. The summed E-state index contributed by atoms with van der Waals surface area (Å²) >= 11 is 1.59. The lowest BCUT2D eigenvalue weighted by Crippen LogP contribution is -2.06. The molecule has 6 nitrogen and oxygen atoms in total. The van der Waals surface area contributed by atoms with Crippen LogP contribution in [-0.2, 0) is 29.0 Å². The molecule has 0 amide bonds. The monoisotopic (exact) mass is 523 g/mol. The van der Waals surface area contributed by atoms with Gasteiger partial charge < -0.3 is 14.5 Å². The summed E-state index contributed by atoms with van der Waals surface area (Å²) in [6, 6.07) is 22.3. The van der Waals surface area contributed by atoms with Crippen LogP contribution in [0.25, 0.3) is 21.7 Å². The standard InChI is InChI=1S/C31H29N3O3S/c1-2-36-30(35)15-14-27-28(23-7-4-3-5-8-23)19-33-29(27)17-22-10-12-26(13-11-22)37-20-25-21-38-31(34-25)24-9-6-16-32-18-24/h3-13,16,18-19,21,33H,2,14-15,17,20H2,1H3. The Labute approximate surface area is 226 Å². The minimum absolute atomic E-state index is 0.173. The number of carbonyl (C=O) groups is 1. The van der Waals surface area contributed by atoms with Crippen molar-refractivity contribution < 1.29 is 14.3 Å². The number of nitrogens with zero attached hydrogens (tertiary/aromatic N) is 2. The average molecular weight is 524 g/mol. The lowest BCUT2D eigenvalue weighted by Gasteiger charge is -2.10. The highest BCUT2D eigenvalue weighted by molar-refractivity contribution is 7.13. The predicted octanol–water partition coefficient (Wildman–Crippen LogP) is 6.87. The van der Waals surface area contributed by atoms with Gasteiger partial charge in [-0.15, -0.1) is 11.3 Å². The molecule has 0 saturated carbocycles. The van der Waals surface area contributed by atoms with E-state index in [0.717, 1.165) is 56.4 Å². The zero-order valence-electron chi connectivity index (χ0n) is 21.2. The number of hydrogen-bond acceptors (Lipinski definition) is 6. The summed E-state index contributed by atoms with van der Waals surface area (Å²) in [6.45, 7) is 2.64. The number of esters is 1. The van der Waals surface area contributed by atoms with E-state index in [-0.39, 0.29) is 5.97 Å². The highest BCUT2D eigenvalue weighted by atomic mass is 32.1. The third kappa shape index (κ3) is 6.36. The predicted molar refractivity (Wildman–Crippen MR) is 150 cm³/mol. The molecule has 0 fully saturated rings. The van der Waals surface area contributed by atoms with E-state index >= 15 is 0 Å². The molecule has 5 aromatic rings. The van der Waals surface area contributed by atoms with Crippen molar-refractivity contribution in [2.75, 3.05) is 6.61 Å². The molecule has 5 rings (SSSR count). The molecule has 0 aliphatic heterocycles. The molecule has 1 N–H and O–H groups in total. The summed E-state index contributed by atoms with van der Waals surface area (Å²) in [6.07, 6.45) is 7.31. The van der Waals surface area contributed by atoms with E-state index in [4.69, 9.17) is 9.47 Å². The number of nitrogens with one attached hydrogen (secondary N) is 1. The van der Waals surface area contributed by atoms with Crippen molar-refractivity contribution in [3.8, 4) is 27.4 Å². The average Bonchev–Trinajstić information content (AvgIpc) is 3.60. The molecule has 2 aromatic carbocycles. The van der Waals surface area contributed by atoms with E-state index in [1.165, 1.54) is 0 Å². The van der Waals surface area contributed by atoms with Crippen molar-refractivity contribution in [3.63, 3.8) is 0 Å². The van der Waals surface area contributed by atoms with E-state index in [0.29, 0.717) is 26.1 Å². The fraction of sp³-hybridized carbons (Fsp3) is 0.194. The Morgan fingerprint density at radius 1 is 1.00 bits per heavy atom. The van der Waals surface area contributed by atoms with Crippen LogP contribution < -0.4 is 4.74 Å². The molecule has 0 bridgehead atoms. The molecule has 0 aliphatic rings. The smallest absolute Gasteiger partial charge is 0.306 e. The highest BCUT2D eigenvalue weighted by Gasteiger charge is 2.15. The van der Waals surface area contributed by atoms with Crippen molar-refractivity contribution in [3.05, 3.63) is 113 Å². The van der Waals surface area contributed by atoms with Crippen LogP contribution in [-0.4, -0.2) is 27.5 Å². The zero-order valence-corrected chi connectivity index (χ0v) is 22.0. The lowest BCUT2D eigenvalue weighted by molar-refractivity contribution is -0.143. The first-order valence-electron chi connectivity index (χ1n) is 12.7. The van der Waals surface area contributed by atoms with Crippen LogP contribution in [0.15, 0.2) is 90.7 Å². The van der Waals surface area contributed by atoms with Crippen molar-refractivity contribution in [2.24, 2.45) is 0 Å². The molecule has 0 saturated heterocycles. The molecule has 7 heteroatoms. The number of rotatable bonds is 11. The van der Waals surface area contributed by atoms with E-state index in [1.54, 1.807) is 17.5 Å². The topological polar surface area (TPSA) is 77.1 Å². The van der Waals surface area contributed by atoms with Crippen LogP contribution in [0.3, 0.4) is 0 Å². The van der Waals surface area contributed by atoms with Crippen LogP contribution in [0.2, 0.25) is 0 Å². The number of thiazole rings is 1. The van der Waals surface area contributed by atoms with Gasteiger partial charge in [0.25, 0.3) is 0 Å². The molecular formula is C31H29N3O3S. The number of carbonyl (C=O) groups excluding carboxylic acids is 1. The Morgan fingerprint density at radius 2 is 1.82 bits per heavy atom. The van der Waals surface area contributed by atoms with Gasteiger partial charge in [-0.2, -0.15) is 0 Å². The maximum atomic E-state index is 12.1. The molecule has 0 unspecified atom stereocenters. The van der Waals surface area contributed by atoms with E-state index in [1.807, 2.05) is 67.2 Å². The van der Waals surface area contributed by atoms with Crippen LogP contribution >= 0.6 is 11.3 Å². The van der Waals surface area contributed by atoms with E-state index < -0.39 is 0 Å². The summed E-state index contributed by atoms with van der Waals surface area (Å²) in [7, 11) is 0. The van der Waals surface area contributed by atoms with Gasteiger partial charge in [0.1, 0.15) is 17.4 Å². The summed E-state index contributed by atoms with van der Waals surface area (Å²) in [5, 5.41) is 2.95. The van der Waals surface area contributed by atoms with Crippen LogP contribution in [0.5, 0.6) is 5.75 Å². The fourth-order valence-electron chi connectivity index (χ4n) is 4.33. The quantitative estimate of drug-likeness (QED) is 0.191.